The first-order valence-electron chi connectivity index (χ1n) is 6.79. The maximum Gasteiger partial charge on any atom is 0.271 e. The highest BCUT2D eigenvalue weighted by atomic mass is 16.5. The molecule has 6 nitrogen and oxygen atoms in total. The molecular weight excluding hydrogens is 244 g/mol. The number of aliphatic imine (C=N–C) groups is 1. The lowest BCUT2D eigenvalue weighted by atomic mass is 9.95. The lowest BCUT2D eigenvalue weighted by Crippen LogP contribution is -2.36. The summed E-state index contributed by atoms with van der Waals surface area (Å²) in [6.45, 7) is 2.41. The van der Waals surface area contributed by atoms with Crippen LogP contribution in [-0.4, -0.2) is 34.9 Å². The zero-order valence-corrected chi connectivity index (χ0v) is 11.2. The summed E-state index contributed by atoms with van der Waals surface area (Å²) in [7, 11) is 0. The number of aromatic nitrogens is 2. The third-order valence-electron chi connectivity index (χ3n) is 3.20. The van der Waals surface area contributed by atoms with Gasteiger partial charge in [-0.3, -0.25) is 4.79 Å². The maximum absolute atomic E-state index is 12.1. The number of ether oxygens (including phenoxy) is 1. The van der Waals surface area contributed by atoms with E-state index in [9.17, 15) is 4.79 Å². The fourth-order valence-corrected chi connectivity index (χ4v) is 2.22. The van der Waals surface area contributed by atoms with E-state index in [0.717, 1.165) is 12.8 Å². The van der Waals surface area contributed by atoms with Gasteiger partial charge in [0.2, 0.25) is 0 Å². The summed E-state index contributed by atoms with van der Waals surface area (Å²) in [6.07, 6.45) is 8.52. The molecule has 2 N–H and O–H groups in total. The lowest BCUT2D eigenvalue weighted by molar-refractivity contribution is 0.0924. The van der Waals surface area contributed by atoms with Crippen LogP contribution in [0.15, 0.2) is 11.3 Å². The topological polar surface area (TPSA) is 79.4 Å². The van der Waals surface area contributed by atoms with Crippen LogP contribution in [0.3, 0.4) is 0 Å². The Kier molecular flexibility index (Phi) is 4.94. The van der Waals surface area contributed by atoms with E-state index in [-0.39, 0.29) is 11.9 Å². The van der Waals surface area contributed by atoms with Gasteiger partial charge < -0.3 is 15.0 Å². The maximum atomic E-state index is 12.1. The highest BCUT2D eigenvalue weighted by molar-refractivity contribution is 5.96. The fraction of sp³-hybridized carbons (Fsp3) is 0.615. The predicted molar refractivity (Wildman–Crippen MR) is 72.7 cm³/mol. The van der Waals surface area contributed by atoms with Crippen LogP contribution in [0.5, 0.6) is 0 Å². The zero-order chi connectivity index (χ0) is 13.5. The molecule has 0 radical (unpaired) electrons. The molecule has 1 aliphatic rings. The Hall–Kier alpha value is -1.85. The lowest BCUT2D eigenvalue weighted by Gasteiger charge is -2.22. The van der Waals surface area contributed by atoms with Gasteiger partial charge in [0.15, 0.2) is 17.9 Å². The molecule has 0 aromatic carbocycles. The summed E-state index contributed by atoms with van der Waals surface area (Å²) in [6, 6.07) is 0.272. The Morgan fingerprint density at radius 1 is 1.58 bits per heavy atom. The second-order valence-corrected chi connectivity index (χ2v) is 4.60. The molecule has 0 bridgehead atoms. The van der Waals surface area contributed by atoms with E-state index in [2.05, 4.69) is 20.3 Å². The molecule has 0 atom stereocenters. The number of hydrogen-bond donors (Lipinski definition) is 2. The average Bonchev–Trinajstić information content (AvgIpc) is 2.89. The van der Waals surface area contributed by atoms with E-state index in [1.54, 1.807) is 0 Å². The monoisotopic (exact) mass is 264 g/mol. The second kappa shape index (κ2) is 6.92. The van der Waals surface area contributed by atoms with Crippen molar-refractivity contribution < 1.29 is 9.53 Å². The molecule has 6 heteroatoms. The predicted octanol–water partition coefficient (Wildman–Crippen LogP) is 2.17. The molecule has 1 fully saturated rings. The van der Waals surface area contributed by atoms with Crippen LogP contribution < -0.4 is 5.32 Å². The smallest absolute Gasteiger partial charge is 0.271 e. The molecule has 104 valence electrons. The first-order valence-corrected chi connectivity index (χ1v) is 6.79. The minimum atomic E-state index is -0.145. The van der Waals surface area contributed by atoms with Gasteiger partial charge in [0.1, 0.15) is 0 Å². The summed E-state index contributed by atoms with van der Waals surface area (Å²) in [5.74, 6) is 0.217. The van der Waals surface area contributed by atoms with Crippen LogP contribution in [0.25, 0.3) is 0 Å². The first-order chi connectivity index (χ1) is 9.31. The molecule has 1 saturated carbocycles. The van der Waals surface area contributed by atoms with Crippen LogP contribution in [0.1, 0.15) is 49.5 Å². The van der Waals surface area contributed by atoms with Crippen molar-refractivity contribution in [3.05, 3.63) is 12.0 Å². The summed E-state index contributed by atoms with van der Waals surface area (Å²) >= 11 is 0. The molecule has 0 spiro atoms. The minimum Gasteiger partial charge on any atom is -0.483 e. The molecular formula is C13H20N4O2. The molecule has 1 heterocycles. The molecule has 0 saturated heterocycles. The van der Waals surface area contributed by atoms with Crippen molar-refractivity contribution in [1.82, 2.24) is 15.3 Å². The molecule has 1 aromatic heterocycles. The van der Waals surface area contributed by atoms with Gasteiger partial charge in [0, 0.05) is 6.04 Å². The SMILES string of the molecule is CCO/C=N\c1nc[nH]c1C(=O)NC1CCCCC1. The number of nitrogens with one attached hydrogen (secondary N) is 2. The van der Waals surface area contributed by atoms with E-state index < -0.39 is 0 Å². The van der Waals surface area contributed by atoms with E-state index in [4.69, 9.17) is 4.74 Å². The van der Waals surface area contributed by atoms with Gasteiger partial charge >= 0.3 is 0 Å². The van der Waals surface area contributed by atoms with E-state index in [1.807, 2.05) is 6.92 Å². The van der Waals surface area contributed by atoms with Crippen molar-refractivity contribution in [2.75, 3.05) is 6.61 Å². The Balaban J connectivity index is 1.96. The highest BCUT2D eigenvalue weighted by Gasteiger charge is 2.19. The highest BCUT2D eigenvalue weighted by Crippen LogP contribution is 2.19. The number of imidazole rings is 1. The largest absolute Gasteiger partial charge is 0.483 e. The number of amides is 1. The number of hydrogen-bond acceptors (Lipinski definition) is 4. The summed E-state index contributed by atoms with van der Waals surface area (Å²) in [4.78, 5) is 23.0. The number of carbonyl (C=O) groups excluding carboxylic acids is 1. The quantitative estimate of drug-likeness (QED) is 0.632. The molecule has 1 amide bonds. The van der Waals surface area contributed by atoms with Crippen molar-refractivity contribution in [2.24, 2.45) is 4.99 Å². The van der Waals surface area contributed by atoms with Gasteiger partial charge in [0.05, 0.1) is 12.9 Å². The number of carbonyl (C=O) groups is 1. The second-order valence-electron chi connectivity index (χ2n) is 4.60. The van der Waals surface area contributed by atoms with Gasteiger partial charge in [0.25, 0.3) is 5.91 Å². The molecule has 2 rings (SSSR count). The first kappa shape index (κ1) is 13.6. The van der Waals surface area contributed by atoms with E-state index >= 15 is 0 Å². The molecule has 1 aliphatic carbocycles. The number of aromatic amines is 1. The number of H-pyrrole nitrogens is 1. The van der Waals surface area contributed by atoms with E-state index in [1.165, 1.54) is 32.0 Å². The van der Waals surface area contributed by atoms with Crippen LogP contribution in [0.4, 0.5) is 5.82 Å². The Morgan fingerprint density at radius 3 is 3.11 bits per heavy atom. The Labute approximate surface area is 112 Å². The Morgan fingerprint density at radius 2 is 2.37 bits per heavy atom. The summed E-state index contributed by atoms with van der Waals surface area (Å²) in [5, 5.41) is 3.03. The fourth-order valence-electron chi connectivity index (χ4n) is 2.22. The molecule has 0 aliphatic heterocycles. The molecule has 0 unspecified atom stereocenters. The number of rotatable bonds is 5. The van der Waals surface area contributed by atoms with Crippen LogP contribution in [-0.2, 0) is 4.74 Å². The van der Waals surface area contributed by atoms with Gasteiger partial charge in [-0.15, -0.1) is 0 Å². The number of nitrogens with zero attached hydrogens (tertiary/aromatic N) is 2. The van der Waals surface area contributed by atoms with Crippen LogP contribution in [0, 0.1) is 0 Å². The van der Waals surface area contributed by atoms with Gasteiger partial charge in [-0.25, -0.2) is 4.98 Å². The normalized spacial score (nSPS) is 16.7. The summed E-state index contributed by atoms with van der Waals surface area (Å²) in [5.41, 5.74) is 0.390. The minimum absolute atomic E-state index is 0.145. The molecule has 19 heavy (non-hydrogen) atoms. The Bertz CT molecular complexity index is 436. The van der Waals surface area contributed by atoms with Gasteiger partial charge in [-0.05, 0) is 19.8 Å². The van der Waals surface area contributed by atoms with Crippen molar-refractivity contribution in [3.8, 4) is 0 Å². The standard InChI is InChI=1S/C13H20N4O2/c1-2-19-9-16-12-11(14-8-15-12)13(18)17-10-6-4-3-5-7-10/h8-10H,2-7H2,1H3,(H,14,15)(H,17,18)/b16-9-. The van der Waals surface area contributed by atoms with Crippen molar-refractivity contribution in [3.63, 3.8) is 0 Å². The average molecular weight is 264 g/mol. The third kappa shape index (κ3) is 3.81. The van der Waals surface area contributed by atoms with Crippen molar-refractivity contribution >= 4 is 18.1 Å². The van der Waals surface area contributed by atoms with Gasteiger partial charge in [-0.1, -0.05) is 19.3 Å². The zero-order valence-electron chi connectivity index (χ0n) is 11.2. The van der Waals surface area contributed by atoms with Crippen molar-refractivity contribution in [1.29, 1.82) is 0 Å². The third-order valence-corrected chi connectivity index (χ3v) is 3.20. The molecule has 1 aromatic rings. The van der Waals surface area contributed by atoms with E-state index in [0.29, 0.717) is 18.1 Å². The van der Waals surface area contributed by atoms with Crippen LogP contribution >= 0.6 is 0 Å². The van der Waals surface area contributed by atoms with Crippen molar-refractivity contribution in [2.45, 2.75) is 45.1 Å². The van der Waals surface area contributed by atoms with Crippen LogP contribution in [0.2, 0.25) is 0 Å². The summed E-state index contributed by atoms with van der Waals surface area (Å²) < 4.78 is 5.01. The van der Waals surface area contributed by atoms with Gasteiger partial charge in [-0.2, -0.15) is 4.99 Å².